The molecule has 98 valence electrons. The van der Waals surface area contributed by atoms with Crippen LogP contribution >= 0.6 is 11.6 Å². The number of nitrogens with two attached hydrogens (primary N) is 1. The molecule has 1 aliphatic rings. The Bertz CT molecular complexity index is 451. The predicted molar refractivity (Wildman–Crippen MR) is 71.7 cm³/mol. The third-order valence-electron chi connectivity index (χ3n) is 3.30. The van der Waals surface area contributed by atoms with Crippen LogP contribution < -0.4 is 11.1 Å². The largest absolute Gasteiger partial charge is 0.399 e. The van der Waals surface area contributed by atoms with Crippen molar-refractivity contribution >= 4 is 23.2 Å². The molecule has 1 fully saturated rings. The molecular formula is C13H17ClN2O2. The molecule has 0 spiro atoms. The molecular weight excluding hydrogens is 252 g/mol. The van der Waals surface area contributed by atoms with Crippen LogP contribution in [-0.2, 0) is 4.74 Å². The van der Waals surface area contributed by atoms with Crippen molar-refractivity contribution in [3.05, 3.63) is 28.8 Å². The first-order valence-corrected chi connectivity index (χ1v) is 6.40. The van der Waals surface area contributed by atoms with Crippen LogP contribution in [0.5, 0.6) is 0 Å². The summed E-state index contributed by atoms with van der Waals surface area (Å²) in [6, 6.07) is 4.89. The number of carbonyl (C=O) groups excluding carboxylic acids is 1. The van der Waals surface area contributed by atoms with E-state index in [1.807, 2.05) is 6.92 Å². The van der Waals surface area contributed by atoms with Crippen molar-refractivity contribution in [2.75, 3.05) is 18.9 Å². The molecule has 0 aliphatic carbocycles. The molecule has 0 saturated carbocycles. The fourth-order valence-corrected chi connectivity index (χ4v) is 2.35. The first kappa shape index (κ1) is 13.2. The summed E-state index contributed by atoms with van der Waals surface area (Å²) in [4.78, 5) is 12.0. The van der Waals surface area contributed by atoms with Crippen LogP contribution in [0.1, 0.15) is 23.7 Å². The quantitative estimate of drug-likeness (QED) is 0.825. The van der Waals surface area contributed by atoms with E-state index in [1.165, 1.54) is 0 Å². The summed E-state index contributed by atoms with van der Waals surface area (Å²) in [6.45, 7) is 3.41. The first-order chi connectivity index (χ1) is 8.58. The Kier molecular flexibility index (Phi) is 4.09. The van der Waals surface area contributed by atoms with Crippen LogP contribution in [0, 0.1) is 5.92 Å². The van der Waals surface area contributed by atoms with Gasteiger partial charge in [-0.15, -0.1) is 0 Å². The highest BCUT2D eigenvalue weighted by Crippen LogP contribution is 2.21. The second kappa shape index (κ2) is 5.59. The molecule has 0 aromatic heterocycles. The Morgan fingerprint density at radius 1 is 1.61 bits per heavy atom. The van der Waals surface area contributed by atoms with E-state index < -0.39 is 0 Å². The van der Waals surface area contributed by atoms with E-state index in [0.717, 1.165) is 13.0 Å². The van der Waals surface area contributed by atoms with Crippen LogP contribution in [0.25, 0.3) is 0 Å². The Morgan fingerprint density at radius 3 is 3.00 bits per heavy atom. The Morgan fingerprint density at radius 2 is 2.39 bits per heavy atom. The molecule has 2 unspecified atom stereocenters. The number of halogens is 1. The van der Waals surface area contributed by atoms with Gasteiger partial charge in [0.1, 0.15) is 0 Å². The molecule has 1 amide bonds. The normalized spacial score (nSPS) is 23.0. The number of hydrogen-bond acceptors (Lipinski definition) is 3. The van der Waals surface area contributed by atoms with Crippen molar-refractivity contribution in [1.82, 2.24) is 5.32 Å². The lowest BCUT2D eigenvalue weighted by Gasteiger charge is -2.15. The Balaban J connectivity index is 1.95. The highest BCUT2D eigenvalue weighted by molar-refractivity contribution is 6.34. The van der Waals surface area contributed by atoms with Gasteiger partial charge in [0, 0.05) is 24.8 Å². The number of anilines is 1. The predicted octanol–water partition coefficient (Wildman–Crippen LogP) is 2.08. The number of ether oxygens (including phenoxy) is 1. The molecule has 1 aromatic rings. The number of benzene rings is 1. The fraction of sp³-hybridized carbons (Fsp3) is 0.462. The van der Waals surface area contributed by atoms with Gasteiger partial charge in [0.2, 0.25) is 0 Å². The van der Waals surface area contributed by atoms with Crippen LogP contribution in [0.2, 0.25) is 5.02 Å². The van der Waals surface area contributed by atoms with E-state index in [2.05, 4.69) is 5.32 Å². The van der Waals surface area contributed by atoms with E-state index >= 15 is 0 Å². The molecule has 0 bridgehead atoms. The van der Waals surface area contributed by atoms with E-state index in [-0.39, 0.29) is 12.0 Å². The number of nitrogens with one attached hydrogen (secondary N) is 1. The van der Waals surface area contributed by atoms with Crippen molar-refractivity contribution < 1.29 is 9.53 Å². The minimum Gasteiger partial charge on any atom is -0.399 e. The first-order valence-electron chi connectivity index (χ1n) is 6.02. The molecule has 2 rings (SSSR count). The van der Waals surface area contributed by atoms with E-state index in [4.69, 9.17) is 22.1 Å². The third-order valence-corrected chi connectivity index (χ3v) is 3.61. The second-order valence-corrected chi connectivity index (χ2v) is 4.98. The van der Waals surface area contributed by atoms with Gasteiger partial charge in [-0.25, -0.2) is 0 Å². The van der Waals surface area contributed by atoms with E-state index in [1.54, 1.807) is 18.2 Å². The van der Waals surface area contributed by atoms with Crippen molar-refractivity contribution in [3.63, 3.8) is 0 Å². The van der Waals surface area contributed by atoms with Gasteiger partial charge in [-0.3, -0.25) is 4.79 Å². The van der Waals surface area contributed by atoms with Crippen molar-refractivity contribution in [1.29, 1.82) is 0 Å². The summed E-state index contributed by atoms with van der Waals surface area (Å²) >= 11 is 5.98. The number of rotatable bonds is 3. The van der Waals surface area contributed by atoms with Crippen molar-refractivity contribution in [3.8, 4) is 0 Å². The fourth-order valence-electron chi connectivity index (χ4n) is 2.08. The average molecular weight is 269 g/mol. The molecule has 2 atom stereocenters. The SMILES string of the molecule is CC1OCCC1CNC(=O)c1ccc(N)cc1Cl. The van der Waals surface area contributed by atoms with Gasteiger partial charge in [0.25, 0.3) is 5.91 Å². The number of hydrogen-bond donors (Lipinski definition) is 2. The molecule has 18 heavy (non-hydrogen) atoms. The van der Waals surface area contributed by atoms with Crippen LogP contribution in [0.3, 0.4) is 0 Å². The van der Waals surface area contributed by atoms with Gasteiger partial charge in [0.05, 0.1) is 16.7 Å². The highest BCUT2D eigenvalue weighted by Gasteiger charge is 2.24. The molecule has 5 heteroatoms. The Labute approximate surface area is 111 Å². The minimum absolute atomic E-state index is 0.167. The lowest BCUT2D eigenvalue weighted by atomic mass is 10.0. The molecule has 3 N–H and O–H groups in total. The lowest BCUT2D eigenvalue weighted by Crippen LogP contribution is -2.32. The molecule has 0 radical (unpaired) electrons. The number of nitrogen functional groups attached to an aromatic ring is 1. The van der Waals surface area contributed by atoms with Crippen LogP contribution in [-0.4, -0.2) is 25.2 Å². The minimum atomic E-state index is -0.167. The van der Waals surface area contributed by atoms with E-state index in [0.29, 0.717) is 28.7 Å². The molecule has 1 heterocycles. The number of carbonyl (C=O) groups is 1. The Hall–Kier alpha value is -1.26. The monoisotopic (exact) mass is 268 g/mol. The summed E-state index contributed by atoms with van der Waals surface area (Å²) < 4.78 is 5.45. The van der Waals surface area contributed by atoms with E-state index in [9.17, 15) is 4.79 Å². The van der Waals surface area contributed by atoms with Gasteiger partial charge >= 0.3 is 0 Å². The summed E-state index contributed by atoms with van der Waals surface area (Å²) in [5, 5.41) is 3.27. The third kappa shape index (κ3) is 2.94. The summed E-state index contributed by atoms with van der Waals surface area (Å²) in [7, 11) is 0. The van der Waals surface area contributed by atoms with Gasteiger partial charge < -0.3 is 15.8 Å². The lowest BCUT2D eigenvalue weighted by molar-refractivity contribution is 0.0907. The topological polar surface area (TPSA) is 64.3 Å². The van der Waals surface area contributed by atoms with Crippen LogP contribution in [0.15, 0.2) is 18.2 Å². The maximum Gasteiger partial charge on any atom is 0.252 e. The summed E-state index contributed by atoms with van der Waals surface area (Å²) in [5.74, 6) is 0.209. The molecule has 1 saturated heterocycles. The standard InChI is InChI=1S/C13H17ClN2O2/c1-8-9(4-5-18-8)7-16-13(17)11-3-2-10(15)6-12(11)14/h2-3,6,8-9H,4-5,7,15H2,1H3,(H,16,17). The summed E-state index contributed by atoms with van der Waals surface area (Å²) in [6.07, 6.45) is 1.18. The van der Waals surface area contributed by atoms with Gasteiger partial charge in [-0.1, -0.05) is 11.6 Å². The molecule has 1 aromatic carbocycles. The van der Waals surface area contributed by atoms with Crippen LogP contribution in [0.4, 0.5) is 5.69 Å². The molecule has 1 aliphatic heterocycles. The zero-order valence-corrected chi connectivity index (χ0v) is 11.0. The molecule has 4 nitrogen and oxygen atoms in total. The summed E-state index contributed by atoms with van der Waals surface area (Å²) in [5.41, 5.74) is 6.59. The number of amides is 1. The van der Waals surface area contributed by atoms with Crippen molar-refractivity contribution in [2.45, 2.75) is 19.4 Å². The van der Waals surface area contributed by atoms with Crippen molar-refractivity contribution in [2.24, 2.45) is 5.92 Å². The zero-order chi connectivity index (χ0) is 13.1. The smallest absolute Gasteiger partial charge is 0.252 e. The van der Waals surface area contributed by atoms with Gasteiger partial charge in [-0.05, 0) is 31.5 Å². The zero-order valence-electron chi connectivity index (χ0n) is 10.3. The maximum atomic E-state index is 12.0. The average Bonchev–Trinajstić information content (AvgIpc) is 2.72. The highest BCUT2D eigenvalue weighted by atomic mass is 35.5. The van der Waals surface area contributed by atoms with Gasteiger partial charge in [0.15, 0.2) is 0 Å². The maximum absolute atomic E-state index is 12.0. The second-order valence-electron chi connectivity index (χ2n) is 4.57. The van der Waals surface area contributed by atoms with Gasteiger partial charge in [-0.2, -0.15) is 0 Å².